The van der Waals surface area contributed by atoms with Gasteiger partial charge in [0.05, 0.1) is 11.3 Å². The van der Waals surface area contributed by atoms with Crippen LogP contribution in [0.15, 0.2) is 51.8 Å². The highest BCUT2D eigenvalue weighted by Gasteiger charge is 2.64. The molecule has 0 bridgehead atoms. The Kier molecular flexibility index (Phi) is 4.91. The number of carboxylic acids is 1. The molecule has 3 unspecified atom stereocenters. The van der Waals surface area contributed by atoms with E-state index in [2.05, 4.69) is 15.9 Å². The maximum absolute atomic E-state index is 13.3. The lowest BCUT2D eigenvalue weighted by Gasteiger charge is -2.55. The number of nitrogens with zero attached hydrogens (tertiary/aromatic N) is 1. The molecule has 2 aromatic rings. The summed E-state index contributed by atoms with van der Waals surface area (Å²) in [5.74, 6) is -1.61. The number of rotatable bonds is 2. The molecule has 2 aromatic carbocycles. The van der Waals surface area contributed by atoms with Crippen LogP contribution in [0, 0.1) is 0 Å². The third kappa shape index (κ3) is 3.05. The van der Waals surface area contributed by atoms with Crippen molar-refractivity contribution >= 4 is 56.9 Å². The molecular formula is C19H12BrClF3NO3S. The first-order chi connectivity index (χ1) is 13.6. The molecular weight excluding hydrogens is 495 g/mol. The van der Waals surface area contributed by atoms with E-state index in [-0.39, 0.29) is 12.0 Å². The summed E-state index contributed by atoms with van der Waals surface area (Å²) >= 11 is 10.8. The van der Waals surface area contributed by atoms with Gasteiger partial charge in [-0.05, 0) is 45.8 Å². The Balaban J connectivity index is 1.98. The topological polar surface area (TPSA) is 57.6 Å². The molecule has 152 valence electrons. The molecule has 29 heavy (non-hydrogen) atoms. The first-order valence-corrected chi connectivity index (χ1v) is 10.5. The zero-order valence-electron chi connectivity index (χ0n) is 14.4. The van der Waals surface area contributed by atoms with Gasteiger partial charge in [-0.3, -0.25) is 14.5 Å². The van der Waals surface area contributed by atoms with Gasteiger partial charge in [-0.1, -0.05) is 18.2 Å². The smallest absolute Gasteiger partial charge is 0.416 e. The lowest BCUT2D eigenvalue weighted by atomic mass is 9.72. The second-order valence-corrected chi connectivity index (χ2v) is 9.31. The third-order valence-electron chi connectivity index (χ3n) is 5.16. The van der Waals surface area contributed by atoms with Gasteiger partial charge in [0.2, 0.25) is 5.91 Å². The summed E-state index contributed by atoms with van der Waals surface area (Å²) < 4.78 is 40.5. The van der Waals surface area contributed by atoms with Crippen LogP contribution < -0.4 is 4.90 Å². The number of carbonyl (C=O) groups excluding carboxylic acids is 1. The summed E-state index contributed by atoms with van der Waals surface area (Å²) in [6.07, 6.45) is -4.72. The van der Waals surface area contributed by atoms with Crippen LogP contribution in [0.5, 0.6) is 0 Å². The molecule has 3 atom stereocenters. The van der Waals surface area contributed by atoms with Gasteiger partial charge in [0.25, 0.3) is 0 Å². The maximum Gasteiger partial charge on any atom is 0.416 e. The largest absolute Gasteiger partial charge is 0.480 e. The molecule has 1 fully saturated rings. The number of alkyl halides is 4. The number of halogens is 5. The fourth-order valence-electron chi connectivity index (χ4n) is 3.85. The molecule has 1 amide bonds. The van der Waals surface area contributed by atoms with Crippen molar-refractivity contribution in [3.05, 3.63) is 58.1 Å². The number of amides is 1. The molecule has 2 aliphatic rings. The first kappa shape index (κ1) is 20.6. The number of hydrogen-bond donors (Lipinski definition) is 1. The minimum atomic E-state index is -4.59. The number of carboxylic acid groups (broad SMARTS) is 1. The van der Waals surface area contributed by atoms with Crippen molar-refractivity contribution in [3.63, 3.8) is 0 Å². The molecule has 4 rings (SSSR count). The molecule has 0 radical (unpaired) electrons. The summed E-state index contributed by atoms with van der Waals surface area (Å²) in [5.41, 5.74) is -1.72. The van der Waals surface area contributed by atoms with E-state index in [9.17, 15) is 27.9 Å². The van der Waals surface area contributed by atoms with Crippen molar-refractivity contribution in [2.75, 3.05) is 4.90 Å². The number of benzene rings is 2. The SMILES string of the molecule is O=C(O)C1CC2(c3cccc(C(F)(F)F)c3)C(Cl)C(=O)N2c2c(Br)cccc2S1. The average molecular weight is 507 g/mol. The number of aliphatic carboxylic acids is 1. The summed E-state index contributed by atoms with van der Waals surface area (Å²) in [6.45, 7) is 0. The van der Waals surface area contributed by atoms with Gasteiger partial charge in [0.15, 0.2) is 0 Å². The predicted molar refractivity (Wildman–Crippen MR) is 106 cm³/mol. The van der Waals surface area contributed by atoms with Crippen LogP contribution in [-0.2, 0) is 21.3 Å². The normalized spacial score (nSPS) is 26.2. The van der Waals surface area contributed by atoms with Crippen LogP contribution in [-0.4, -0.2) is 27.6 Å². The van der Waals surface area contributed by atoms with Crippen molar-refractivity contribution in [2.45, 2.75) is 33.7 Å². The minimum absolute atomic E-state index is 0.130. The number of fused-ring (bicyclic) bond motifs is 3. The number of anilines is 1. The average Bonchev–Trinajstić information content (AvgIpc) is 2.81. The molecule has 0 saturated carbocycles. The van der Waals surface area contributed by atoms with E-state index in [1.807, 2.05) is 0 Å². The van der Waals surface area contributed by atoms with Gasteiger partial charge in [0, 0.05) is 15.8 Å². The van der Waals surface area contributed by atoms with Gasteiger partial charge >= 0.3 is 12.1 Å². The highest BCUT2D eigenvalue weighted by Crippen LogP contribution is 2.58. The summed E-state index contributed by atoms with van der Waals surface area (Å²) in [5, 5.41) is 7.53. The zero-order valence-corrected chi connectivity index (χ0v) is 17.6. The van der Waals surface area contributed by atoms with E-state index in [1.165, 1.54) is 17.0 Å². The lowest BCUT2D eigenvalue weighted by Crippen LogP contribution is -2.71. The van der Waals surface area contributed by atoms with Crippen LogP contribution in [0.25, 0.3) is 0 Å². The quantitative estimate of drug-likeness (QED) is 0.446. The molecule has 2 aliphatic heterocycles. The Morgan fingerprint density at radius 1 is 1.28 bits per heavy atom. The molecule has 10 heteroatoms. The Hall–Kier alpha value is -1.71. The number of thioether (sulfide) groups is 1. The van der Waals surface area contributed by atoms with Gasteiger partial charge in [-0.15, -0.1) is 23.4 Å². The maximum atomic E-state index is 13.3. The third-order valence-corrected chi connectivity index (χ3v) is 7.58. The fraction of sp³-hybridized carbons (Fsp3) is 0.263. The summed E-state index contributed by atoms with van der Waals surface area (Å²) in [4.78, 5) is 26.6. The van der Waals surface area contributed by atoms with E-state index >= 15 is 0 Å². The number of carbonyl (C=O) groups is 2. The lowest BCUT2D eigenvalue weighted by molar-refractivity contribution is -0.139. The number of β-lactam (4-membered cyclic amide) rings is 1. The van der Waals surface area contributed by atoms with E-state index < -0.39 is 39.8 Å². The van der Waals surface area contributed by atoms with E-state index in [0.29, 0.717) is 15.1 Å². The Morgan fingerprint density at radius 2 is 1.97 bits per heavy atom. The summed E-state index contributed by atoms with van der Waals surface area (Å²) in [6, 6.07) is 9.64. The van der Waals surface area contributed by atoms with Crippen LogP contribution in [0.2, 0.25) is 0 Å². The standard InChI is InChI=1S/C19H12BrClF3NO3S/c20-11-5-2-6-12-14(11)25-16(26)15(21)18(25,8-13(29-12)17(27)28)9-3-1-4-10(7-9)19(22,23)24/h1-7,13,15H,8H2,(H,27,28). The monoisotopic (exact) mass is 505 g/mol. The number of hydrogen-bond acceptors (Lipinski definition) is 3. The Bertz CT molecular complexity index is 1030. The Morgan fingerprint density at radius 3 is 2.62 bits per heavy atom. The van der Waals surface area contributed by atoms with Crippen molar-refractivity contribution in [1.82, 2.24) is 0 Å². The van der Waals surface area contributed by atoms with Gasteiger partial charge < -0.3 is 5.11 Å². The van der Waals surface area contributed by atoms with Crippen LogP contribution >= 0.6 is 39.3 Å². The fourth-order valence-corrected chi connectivity index (χ4v) is 6.15. The molecule has 1 saturated heterocycles. The van der Waals surface area contributed by atoms with E-state index in [0.717, 1.165) is 23.9 Å². The first-order valence-electron chi connectivity index (χ1n) is 8.41. The van der Waals surface area contributed by atoms with E-state index in [1.54, 1.807) is 18.2 Å². The molecule has 0 aliphatic carbocycles. The molecule has 1 N–H and O–H groups in total. The number of para-hydroxylation sites is 1. The van der Waals surface area contributed by atoms with Gasteiger partial charge in [0.1, 0.15) is 16.2 Å². The molecule has 2 heterocycles. The molecule has 4 nitrogen and oxygen atoms in total. The minimum Gasteiger partial charge on any atom is -0.480 e. The highest BCUT2D eigenvalue weighted by atomic mass is 79.9. The second-order valence-electron chi connectivity index (χ2n) is 6.77. The Labute approximate surface area is 181 Å². The van der Waals surface area contributed by atoms with Crippen molar-refractivity contribution in [1.29, 1.82) is 0 Å². The highest BCUT2D eigenvalue weighted by molar-refractivity contribution is 9.10. The van der Waals surface area contributed by atoms with E-state index in [4.69, 9.17) is 11.6 Å². The summed E-state index contributed by atoms with van der Waals surface area (Å²) in [7, 11) is 0. The predicted octanol–water partition coefficient (Wildman–Crippen LogP) is 5.27. The second kappa shape index (κ2) is 6.92. The van der Waals surface area contributed by atoms with Gasteiger partial charge in [-0.25, -0.2) is 0 Å². The van der Waals surface area contributed by atoms with Crippen molar-refractivity contribution in [2.24, 2.45) is 0 Å². The zero-order chi connectivity index (χ0) is 21.1. The van der Waals surface area contributed by atoms with Crippen molar-refractivity contribution < 1.29 is 27.9 Å². The van der Waals surface area contributed by atoms with Crippen molar-refractivity contribution in [3.8, 4) is 0 Å². The van der Waals surface area contributed by atoms with Gasteiger partial charge in [-0.2, -0.15) is 13.2 Å². The molecule has 0 spiro atoms. The van der Waals surface area contributed by atoms with Crippen LogP contribution in [0.1, 0.15) is 17.5 Å². The van der Waals surface area contributed by atoms with Crippen LogP contribution in [0.3, 0.4) is 0 Å². The molecule has 0 aromatic heterocycles. The van der Waals surface area contributed by atoms with Crippen LogP contribution in [0.4, 0.5) is 18.9 Å².